The monoisotopic (exact) mass is 360 g/mol. The average molecular weight is 360 g/mol. The first-order valence-corrected chi connectivity index (χ1v) is 9.13. The smallest absolute Gasteiger partial charge is 0.258 e. The fourth-order valence-electron chi connectivity index (χ4n) is 3.73. The van der Waals surface area contributed by atoms with Crippen LogP contribution in [0.3, 0.4) is 0 Å². The van der Waals surface area contributed by atoms with Crippen LogP contribution >= 0.6 is 0 Å². The summed E-state index contributed by atoms with van der Waals surface area (Å²) in [6.45, 7) is 2.05. The first kappa shape index (κ1) is 17.3. The molecule has 0 bridgehead atoms. The third-order valence-corrected chi connectivity index (χ3v) is 5.01. The predicted octanol–water partition coefficient (Wildman–Crippen LogP) is 5.42. The van der Waals surface area contributed by atoms with E-state index in [9.17, 15) is 9.18 Å². The number of rotatable bonds is 3. The second kappa shape index (κ2) is 7.23. The largest absolute Gasteiger partial charge is 0.378 e. The first-order valence-electron chi connectivity index (χ1n) is 9.13. The molecule has 0 radical (unpaired) electrons. The molecule has 0 saturated heterocycles. The van der Waals surface area contributed by atoms with E-state index in [1.807, 2.05) is 53.4 Å². The highest BCUT2D eigenvalue weighted by Crippen LogP contribution is 2.39. The SMILES string of the molecule is C[C@@H]1C[C@@H](Nc2ccccc2)c2ccccc2N1C(=O)c1ccc(F)cc1. The molecule has 136 valence electrons. The van der Waals surface area contributed by atoms with Crippen molar-refractivity contribution in [3.8, 4) is 0 Å². The van der Waals surface area contributed by atoms with Crippen molar-refractivity contribution in [3.05, 3.63) is 95.8 Å². The fourth-order valence-corrected chi connectivity index (χ4v) is 3.73. The van der Waals surface area contributed by atoms with Crippen LogP contribution < -0.4 is 10.2 Å². The van der Waals surface area contributed by atoms with E-state index in [1.165, 1.54) is 12.1 Å². The minimum absolute atomic E-state index is 0.0127. The number of fused-ring (bicyclic) bond motifs is 1. The van der Waals surface area contributed by atoms with Crippen LogP contribution in [-0.4, -0.2) is 11.9 Å². The molecular weight excluding hydrogens is 339 g/mol. The summed E-state index contributed by atoms with van der Waals surface area (Å²) < 4.78 is 13.2. The fraction of sp³-hybridized carbons (Fsp3) is 0.174. The number of nitrogens with zero attached hydrogens (tertiary/aromatic N) is 1. The lowest BCUT2D eigenvalue weighted by Gasteiger charge is -2.40. The van der Waals surface area contributed by atoms with Gasteiger partial charge in [0, 0.05) is 23.0 Å². The molecule has 1 aliphatic rings. The van der Waals surface area contributed by atoms with Crippen molar-refractivity contribution >= 4 is 17.3 Å². The Morgan fingerprint density at radius 3 is 2.37 bits per heavy atom. The summed E-state index contributed by atoms with van der Waals surface area (Å²) in [5, 5.41) is 3.59. The average Bonchev–Trinajstić information content (AvgIpc) is 2.69. The number of hydrogen-bond acceptors (Lipinski definition) is 2. The highest BCUT2D eigenvalue weighted by atomic mass is 19.1. The van der Waals surface area contributed by atoms with Crippen LogP contribution in [-0.2, 0) is 0 Å². The molecule has 1 N–H and O–H groups in total. The number of anilines is 2. The summed E-state index contributed by atoms with van der Waals surface area (Å²) in [6, 6.07) is 23.9. The quantitative estimate of drug-likeness (QED) is 0.676. The summed E-state index contributed by atoms with van der Waals surface area (Å²) >= 11 is 0. The van der Waals surface area contributed by atoms with Crippen LogP contribution in [0.1, 0.15) is 35.3 Å². The Hall–Kier alpha value is -3.14. The molecule has 0 unspecified atom stereocenters. The molecule has 0 spiro atoms. The molecule has 2 atom stereocenters. The number of amides is 1. The van der Waals surface area contributed by atoms with E-state index in [0.717, 1.165) is 23.4 Å². The highest BCUT2D eigenvalue weighted by molar-refractivity contribution is 6.07. The molecule has 0 aliphatic carbocycles. The summed E-state index contributed by atoms with van der Waals surface area (Å²) in [4.78, 5) is 15.0. The second-order valence-corrected chi connectivity index (χ2v) is 6.89. The lowest BCUT2D eigenvalue weighted by atomic mass is 9.90. The minimum Gasteiger partial charge on any atom is -0.378 e. The van der Waals surface area contributed by atoms with Crippen molar-refractivity contribution < 1.29 is 9.18 Å². The van der Waals surface area contributed by atoms with Crippen LogP contribution in [0.25, 0.3) is 0 Å². The van der Waals surface area contributed by atoms with Gasteiger partial charge in [0.2, 0.25) is 0 Å². The zero-order valence-electron chi connectivity index (χ0n) is 15.1. The van der Waals surface area contributed by atoms with Crippen molar-refractivity contribution in [1.29, 1.82) is 0 Å². The van der Waals surface area contributed by atoms with Crippen molar-refractivity contribution in [2.45, 2.75) is 25.4 Å². The summed E-state index contributed by atoms with van der Waals surface area (Å²) in [5.74, 6) is -0.445. The topological polar surface area (TPSA) is 32.3 Å². The van der Waals surface area contributed by atoms with Gasteiger partial charge >= 0.3 is 0 Å². The Bertz CT molecular complexity index is 940. The third-order valence-electron chi connectivity index (χ3n) is 5.01. The van der Waals surface area contributed by atoms with Gasteiger partial charge in [-0.2, -0.15) is 0 Å². The molecule has 3 aromatic rings. The minimum atomic E-state index is -0.342. The molecule has 0 fully saturated rings. The van der Waals surface area contributed by atoms with Crippen molar-refractivity contribution in [1.82, 2.24) is 0 Å². The predicted molar refractivity (Wildman–Crippen MR) is 107 cm³/mol. The number of para-hydroxylation sites is 2. The van der Waals surface area contributed by atoms with E-state index >= 15 is 0 Å². The molecule has 1 heterocycles. The molecule has 0 aromatic heterocycles. The molecular formula is C23H21FN2O. The summed E-state index contributed by atoms with van der Waals surface area (Å²) in [6.07, 6.45) is 0.791. The lowest BCUT2D eigenvalue weighted by molar-refractivity contribution is 0.0974. The van der Waals surface area contributed by atoms with E-state index in [4.69, 9.17) is 0 Å². The van der Waals surface area contributed by atoms with Gasteiger partial charge in [0.1, 0.15) is 5.82 Å². The van der Waals surface area contributed by atoms with E-state index in [0.29, 0.717) is 5.56 Å². The first-order chi connectivity index (χ1) is 13.1. The normalized spacial score (nSPS) is 18.7. The van der Waals surface area contributed by atoms with Crippen molar-refractivity contribution in [2.24, 2.45) is 0 Å². The van der Waals surface area contributed by atoms with Crippen LogP contribution in [0.2, 0.25) is 0 Å². The van der Waals surface area contributed by atoms with Gasteiger partial charge in [0.15, 0.2) is 0 Å². The highest BCUT2D eigenvalue weighted by Gasteiger charge is 2.34. The Labute approximate surface area is 158 Å². The summed E-state index contributed by atoms with van der Waals surface area (Å²) in [5.41, 5.74) is 3.55. The maximum absolute atomic E-state index is 13.2. The van der Waals surface area contributed by atoms with Crippen molar-refractivity contribution in [2.75, 3.05) is 10.2 Å². The number of nitrogens with one attached hydrogen (secondary N) is 1. The van der Waals surface area contributed by atoms with Crippen LogP contribution in [0.15, 0.2) is 78.9 Å². The van der Waals surface area contributed by atoms with Gasteiger partial charge in [-0.25, -0.2) is 4.39 Å². The second-order valence-electron chi connectivity index (χ2n) is 6.89. The zero-order valence-corrected chi connectivity index (χ0v) is 15.1. The van der Waals surface area contributed by atoms with Gasteiger partial charge in [0.25, 0.3) is 5.91 Å². The van der Waals surface area contributed by atoms with Crippen LogP contribution in [0.5, 0.6) is 0 Å². The van der Waals surface area contributed by atoms with E-state index in [1.54, 1.807) is 12.1 Å². The Morgan fingerprint density at radius 2 is 1.63 bits per heavy atom. The number of benzene rings is 3. The third kappa shape index (κ3) is 3.43. The lowest BCUT2D eigenvalue weighted by Crippen LogP contribution is -2.44. The molecule has 1 aliphatic heterocycles. The van der Waals surface area contributed by atoms with E-state index in [-0.39, 0.29) is 23.8 Å². The van der Waals surface area contributed by atoms with E-state index < -0.39 is 0 Å². The maximum Gasteiger partial charge on any atom is 0.258 e. The van der Waals surface area contributed by atoms with E-state index in [2.05, 4.69) is 18.3 Å². The zero-order chi connectivity index (χ0) is 18.8. The standard InChI is InChI=1S/C23H21FN2O/c1-16-15-21(25-19-7-3-2-4-8-19)20-9-5-6-10-22(20)26(16)23(27)17-11-13-18(24)14-12-17/h2-14,16,21,25H,15H2,1H3/t16-,21-/m1/s1. The molecule has 1 amide bonds. The molecule has 27 heavy (non-hydrogen) atoms. The van der Waals surface area contributed by atoms with Crippen molar-refractivity contribution in [3.63, 3.8) is 0 Å². The Balaban J connectivity index is 1.68. The Morgan fingerprint density at radius 1 is 0.963 bits per heavy atom. The summed E-state index contributed by atoms with van der Waals surface area (Å²) in [7, 11) is 0. The number of hydrogen-bond donors (Lipinski definition) is 1. The number of halogens is 1. The van der Waals surface area contributed by atoms with Crippen LogP contribution in [0, 0.1) is 5.82 Å². The van der Waals surface area contributed by atoms with Gasteiger partial charge in [-0.1, -0.05) is 36.4 Å². The Kier molecular flexibility index (Phi) is 4.63. The molecule has 4 heteroatoms. The molecule has 3 aromatic carbocycles. The van der Waals surface area contributed by atoms with Gasteiger partial charge < -0.3 is 10.2 Å². The van der Waals surface area contributed by atoms with Gasteiger partial charge in [-0.3, -0.25) is 4.79 Å². The van der Waals surface area contributed by atoms with Gasteiger partial charge in [0.05, 0.1) is 6.04 Å². The van der Waals surface area contributed by atoms with Crippen LogP contribution in [0.4, 0.5) is 15.8 Å². The molecule has 3 nitrogen and oxygen atoms in total. The van der Waals surface area contributed by atoms with Gasteiger partial charge in [-0.05, 0) is 61.4 Å². The molecule has 0 saturated carbocycles. The molecule has 4 rings (SSSR count). The number of carbonyl (C=O) groups is 1. The number of carbonyl (C=O) groups excluding carboxylic acids is 1. The van der Waals surface area contributed by atoms with Gasteiger partial charge in [-0.15, -0.1) is 0 Å². The maximum atomic E-state index is 13.2.